The first-order valence-corrected chi connectivity index (χ1v) is 7.72. The van der Waals surface area contributed by atoms with Gasteiger partial charge in [0.05, 0.1) is 5.56 Å². The molecule has 0 saturated carbocycles. The molecule has 0 aliphatic carbocycles. The van der Waals surface area contributed by atoms with Gasteiger partial charge in [-0.15, -0.1) is 0 Å². The zero-order chi connectivity index (χ0) is 17.9. The summed E-state index contributed by atoms with van der Waals surface area (Å²) in [5.74, 6) is -1.28. The molecule has 0 N–H and O–H groups in total. The molecular weight excluding hydrogens is 336 g/mol. The molecule has 2 aromatic rings. The number of benzene rings is 2. The average molecular weight is 352 g/mol. The van der Waals surface area contributed by atoms with Crippen LogP contribution in [-0.2, 0) is 17.5 Å². The predicted octanol–water partition coefficient (Wildman–Crippen LogP) is 4.28. The SMILES string of the molecule is Fc1cc(N(Cc2ccccc2)C[C@@H]2COC=N2)ccc1C(F)(F)F. The summed E-state index contributed by atoms with van der Waals surface area (Å²) in [6.45, 7) is 1.24. The van der Waals surface area contributed by atoms with E-state index in [1.54, 1.807) is 4.90 Å². The highest BCUT2D eigenvalue weighted by atomic mass is 19.4. The normalized spacial score (nSPS) is 16.7. The smallest absolute Gasteiger partial charge is 0.419 e. The summed E-state index contributed by atoms with van der Waals surface area (Å²) in [5.41, 5.74) is 0.0697. The van der Waals surface area contributed by atoms with Crippen LogP contribution < -0.4 is 4.90 Å². The summed E-state index contributed by atoms with van der Waals surface area (Å²) in [4.78, 5) is 5.96. The Morgan fingerprint density at radius 3 is 2.48 bits per heavy atom. The molecule has 0 aromatic heterocycles. The summed E-state index contributed by atoms with van der Waals surface area (Å²) in [6, 6.07) is 12.3. The topological polar surface area (TPSA) is 24.8 Å². The Balaban J connectivity index is 1.87. The predicted molar refractivity (Wildman–Crippen MR) is 87.1 cm³/mol. The van der Waals surface area contributed by atoms with Gasteiger partial charge in [-0.05, 0) is 23.8 Å². The molecule has 0 spiro atoms. The van der Waals surface area contributed by atoms with Gasteiger partial charge in [0, 0.05) is 18.8 Å². The van der Waals surface area contributed by atoms with Crippen LogP contribution in [0.2, 0.25) is 0 Å². The number of nitrogens with zero attached hydrogens (tertiary/aromatic N) is 2. The number of aliphatic imine (C=N–C) groups is 1. The lowest BCUT2D eigenvalue weighted by Crippen LogP contribution is -2.32. The van der Waals surface area contributed by atoms with E-state index in [4.69, 9.17) is 4.74 Å². The lowest BCUT2D eigenvalue weighted by Gasteiger charge is -2.27. The first-order valence-electron chi connectivity index (χ1n) is 7.72. The van der Waals surface area contributed by atoms with E-state index in [1.165, 1.54) is 12.5 Å². The zero-order valence-electron chi connectivity index (χ0n) is 13.2. The Kier molecular flexibility index (Phi) is 4.92. The maximum absolute atomic E-state index is 14.0. The molecule has 1 aliphatic heterocycles. The van der Waals surface area contributed by atoms with E-state index in [0.29, 0.717) is 25.4 Å². The fourth-order valence-corrected chi connectivity index (χ4v) is 2.68. The van der Waals surface area contributed by atoms with Crippen LogP contribution in [0, 0.1) is 5.82 Å². The molecule has 1 aliphatic rings. The van der Waals surface area contributed by atoms with E-state index in [2.05, 4.69) is 4.99 Å². The lowest BCUT2D eigenvalue weighted by atomic mass is 10.1. The van der Waals surface area contributed by atoms with Gasteiger partial charge in [-0.2, -0.15) is 13.2 Å². The molecule has 0 saturated heterocycles. The van der Waals surface area contributed by atoms with E-state index in [9.17, 15) is 17.6 Å². The highest BCUT2D eigenvalue weighted by molar-refractivity contribution is 5.52. The fourth-order valence-electron chi connectivity index (χ4n) is 2.68. The van der Waals surface area contributed by atoms with Gasteiger partial charge >= 0.3 is 6.18 Å². The maximum Gasteiger partial charge on any atom is 0.419 e. The number of rotatable bonds is 5. The number of hydrogen-bond donors (Lipinski definition) is 0. The van der Waals surface area contributed by atoms with Crippen molar-refractivity contribution >= 4 is 12.1 Å². The minimum Gasteiger partial charge on any atom is -0.481 e. The number of hydrogen-bond acceptors (Lipinski definition) is 3. The van der Waals surface area contributed by atoms with Crippen molar-refractivity contribution in [3.63, 3.8) is 0 Å². The van der Waals surface area contributed by atoms with Crippen LogP contribution in [0.4, 0.5) is 23.2 Å². The Labute approximate surface area is 142 Å². The van der Waals surface area contributed by atoms with Crippen molar-refractivity contribution in [2.75, 3.05) is 18.1 Å². The van der Waals surface area contributed by atoms with Crippen molar-refractivity contribution in [2.24, 2.45) is 4.99 Å². The van der Waals surface area contributed by atoms with E-state index in [-0.39, 0.29) is 6.04 Å². The van der Waals surface area contributed by atoms with Crippen LogP contribution in [0.15, 0.2) is 53.5 Å². The van der Waals surface area contributed by atoms with Gasteiger partial charge in [0.1, 0.15) is 18.5 Å². The van der Waals surface area contributed by atoms with Crippen LogP contribution in [0.25, 0.3) is 0 Å². The molecule has 25 heavy (non-hydrogen) atoms. The van der Waals surface area contributed by atoms with Crippen LogP contribution in [0.5, 0.6) is 0 Å². The van der Waals surface area contributed by atoms with Crippen LogP contribution in [-0.4, -0.2) is 25.6 Å². The standard InChI is InChI=1S/C18H16F4N2O/c19-17-8-15(6-7-16(17)18(20,21)22)24(10-14-11-25-12-23-14)9-13-4-2-1-3-5-13/h1-8,12,14H,9-11H2/t14-/m1/s1. The third kappa shape index (κ3) is 4.29. The van der Waals surface area contributed by atoms with Crippen molar-refractivity contribution < 1.29 is 22.3 Å². The summed E-state index contributed by atoms with van der Waals surface area (Å²) < 4.78 is 57.3. The molecule has 1 heterocycles. The third-order valence-electron chi connectivity index (χ3n) is 3.91. The summed E-state index contributed by atoms with van der Waals surface area (Å²) >= 11 is 0. The van der Waals surface area contributed by atoms with Crippen LogP contribution in [0.3, 0.4) is 0 Å². The highest BCUT2D eigenvalue weighted by Gasteiger charge is 2.34. The first-order chi connectivity index (χ1) is 11.9. The number of ether oxygens (including phenoxy) is 1. The second-order valence-corrected chi connectivity index (χ2v) is 5.77. The van der Waals surface area contributed by atoms with Gasteiger partial charge in [0.15, 0.2) is 6.40 Å². The molecule has 0 unspecified atom stereocenters. The second-order valence-electron chi connectivity index (χ2n) is 5.77. The molecule has 0 fully saturated rings. The number of halogens is 4. The van der Waals surface area contributed by atoms with Crippen LogP contribution >= 0.6 is 0 Å². The van der Waals surface area contributed by atoms with Gasteiger partial charge in [-0.25, -0.2) is 9.38 Å². The quantitative estimate of drug-likeness (QED) is 0.751. The van der Waals surface area contributed by atoms with E-state index >= 15 is 0 Å². The molecule has 1 atom stereocenters. The van der Waals surface area contributed by atoms with Gasteiger partial charge in [-0.1, -0.05) is 30.3 Å². The fraction of sp³-hybridized carbons (Fsp3) is 0.278. The number of anilines is 1. The molecule has 132 valence electrons. The summed E-state index contributed by atoms with van der Waals surface area (Å²) in [6.07, 6.45) is -3.35. The van der Waals surface area contributed by atoms with Crippen molar-refractivity contribution in [1.82, 2.24) is 0 Å². The Morgan fingerprint density at radius 2 is 1.88 bits per heavy atom. The van der Waals surface area contributed by atoms with Crippen molar-refractivity contribution in [1.29, 1.82) is 0 Å². The van der Waals surface area contributed by atoms with Crippen molar-refractivity contribution in [3.05, 3.63) is 65.5 Å². The molecule has 3 nitrogen and oxygen atoms in total. The molecule has 0 amide bonds. The average Bonchev–Trinajstić information content (AvgIpc) is 3.07. The minimum absolute atomic E-state index is 0.144. The molecule has 0 radical (unpaired) electrons. The zero-order valence-corrected chi connectivity index (χ0v) is 13.2. The first kappa shape index (κ1) is 17.3. The molecule has 2 aromatic carbocycles. The van der Waals surface area contributed by atoms with E-state index in [1.807, 2.05) is 30.3 Å². The second kappa shape index (κ2) is 7.13. The van der Waals surface area contributed by atoms with Crippen LogP contribution in [0.1, 0.15) is 11.1 Å². The van der Waals surface area contributed by atoms with Gasteiger partial charge < -0.3 is 9.64 Å². The molecule has 7 heteroatoms. The lowest BCUT2D eigenvalue weighted by molar-refractivity contribution is -0.139. The maximum atomic E-state index is 14.0. The largest absolute Gasteiger partial charge is 0.481 e. The monoisotopic (exact) mass is 352 g/mol. The van der Waals surface area contributed by atoms with E-state index in [0.717, 1.165) is 17.7 Å². The van der Waals surface area contributed by atoms with Crippen molar-refractivity contribution in [2.45, 2.75) is 18.8 Å². The summed E-state index contributed by atoms with van der Waals surface area (Å²) in [5, 5.41) is 0. The Morgan fingerprint density at radius 1 is 1.12 bits per heavy atom. The van der Waals surface area contributed by atoms with E-state index < -0.39 is 17.6 Å². The number of alkyl halides is 3. The Hall–Kier alpha value is -2.57. The Bertz CT molecular complexity index is 746. The van der Waals surface area contributed by atoms with Gasteiger partial charge in [0.25, 0.3) is 0 Å². The van der Waals surface area contributed by atoms with Gasteiger partial charge in [-0.3, -0.25) is 0 Å². The van der Waals surface area contributed by atoms with Crippen molar-refractivity contribution in [3.8, 4) is 0 Å². The molecular formula is C18H16F4N2O. The third-order valence-corrected chi connectivity index (χ3v) is 3.91. The van der Waals surface area contributed by atoms with Gasteiger partial charge in [0.2, 0.25) is 0 Å². The highest BCUT2D eigenvalue weighted by Crippen LogP contribution is 2.33. The summed E-state index contributed by atoms with van der Waals surface area (Å²) in [7, 11) is 0. The molecule has 3 rings (SSSR count). The minimum atomic E-state index is -4.71. The molecule has 0 bridgehead atoms.